The van der Waals surface area contributed by atoms with Crippen LogP contribution in [-0.4, -0.2) is 0 Å². The molecule has 2 heterocycles. The van der Waals surface area contributed by atoms with Crippen molar-refractivity contribution in [1.82, 2.24) is 0 Å². The van der Waals surface area contributed by atoms with Crippen molar-refractivity contribution in [1.29, 1.82) is 0 Å². The normalized spacial score (nSPS) is 14.1. The van der Waals surface area contributed by atoms with Gasteiger partial charge in [-0.3, -0.25) is 0 Å². The average molecular weight is 351 g/mol. The molecule has 0 unspecified atom stereocenters. The molecule has 1 aliphatic rings. The molecular formula is C21H15ClO3. The molecule has 0 saturated carbocycles. The monoisotopic (exact) mass is 350 g/mol. The van der Waals surface area contributed by atoms with Gasteiger partial charge in [0.2, 0.25) is 0 Å². The molecule has 0 bridgehead atoms. The van der Waals surface area contributed by atoms with Crippen LogP contribution in [-0.2, 0) is 12.8 Å². The summed E-state index contributed by atoms with van der Waals surface area (Å²) >= 11 is 6.00. The van der Waals surface area contributed by atoms with Crippen molar-refractivity contribution in [2.24, 2.45) is 0 Å². The molecular weight excluding hydrogens is 336 g/mol. The molecule has 0 fully saturated rings. The topological polar surface area (TPSA) is 43.4 Å². The molecule has 0 aliphatic heterocycles. The lowest BCUT2D eigenvalue weighted by Crippen LogP contribution is -2.15. The smallest absolute Gasteiger partial charge is 0.339 e. The molecule has 0 spiro atoms. The van der Waals surface area contributed by atoms with Crippen molar-refractivity contribution in [2.45, 2.75) is 25.7 Å². The quantitative estimate of drug-likeness (QED) is 0.411. The third-order valence-corrected chi connectivity index (χ3v) is 5.32. The minimum absolute atomic E-state index is 0.203. The first kappa shape index (κ1) is 14.8. The summed E-state index contributed by atoms with van der Waals surface area (Å²) in [6, 6.07) is 11.6. The highest BCUT2D eigenvalue weighted by atomic mass is 35.5. The number of benzene rings is 2. The Balaban J connectivity index is 1.82. The second kappa shape index (κ2) is 5.50. The zero-order valence-corrected chi connectivity index (χ0v) is 14.2. The van der Waals surface area contributed by atoms with E-state index in [9.17, 15) is 4.79 Å². The van der Waals surface area contributed by atoms with E-state index in [4.69, 9.17) is 20.4 Å². The standard InChI is InChI=1S/C21H15ClO3/c22-13-7-5-12(6-8-13)18-11-24-19-10-20-16(9-17(18)19)14-3-1-2-4-15(14)21(23)25-20/h5-11H,1-4H2. The SMILES string of the molecule is O=c1oc2cc3occ(-c4ccc(Cl)cc4)c3cc2c2c1CCCC2. The van der Waals surface area contributed by atoms with E-state index in [2.05, 4.69) is 6.07 Å². The first-order valence-electron chi connectivity index (χ1n) is 8.46. The van der Waals surface area contributed by atoms with E-state index in [1.165, 1.54) is 0 Å². The van der Waals surface area contributed by atoms with Gasteiger partial charge in [-0.25, -0.2) is 4.79 Å². The molecule has 2 aromatic heterocycles. The van der Waals surface area contributed by atoms with Crippen LogP contribution in [0.2, 0.25) is 5.02 Å². The highest BCUT2D eigenvalue weighted by molar-refractivity contribution is 6.30. The second-order valence-electron chi connectivity index (χ2n) is 6.55. The number of halogens is 1. The molecule has 4 aromatic rings. The van der Waals surface area contributed by atoms with E-state index in [0.29, 0.717) is 10.6 Å². The summed E-state index contributed by atoms with van der Waals surface area (Å²) in [7, 11) is 0. The van der Waals surface area contributed by atoms with Gasteiger partial charge in [0.05, 0.1) is 6.26 Å². The summed E-state index contributed by atoms with van der Waals surface area (Å²) in [5.41, 5.74) is 5.17. The van der Waals surface area contributed by atoms with Crippen LogP contribution < -0.4 is 5.63 Å². The van der Waals surface area contributed by atoms with E-state index in [1.807, 2.05) is 30.3 Å². The van der Waals surface area contributed by atoms with E-state index >= 15 is 0 Å². The number of aryl methyl sites for hydroxylation is 1. The van der Waals surface area contributed by atoms with Crippen LogP contribution in [0.4, 0.5) is 0 Å². The molecule has 0 N–H and O–H groups in total. The van der Waals surface area contributed by atoms with E-state index in [0.717, 1.165) is 64.3 Å². The highest BCUT2D eigenvalue weighted by Crippen LogP contribution is 2.36. The van der Waals surface area contributed by atoms with Gasteiger partial charge in [-0.15, -0.1) is 0 Å². The van der Waals surface area contributed by atoms with Gasteiger partial charge in [-0.2, -0.15) is 0 Å². The summed E-state index contributed by atoms with van der Waals surface area (Å²) in [6.45, 7) is 0. The van der Waals surface area contributed by atoms with Crippen molar-refractivity contribution in [2.75, 3.05) is 0 Å². The Kier molecular flexibility index (Phi) is 3.25. The maximum Gasteiger partial charge on any atom is 0.339 e. The van der Waals surface area contributed by atoms with Gasteiger partial charge < -0.3 is 8.83 Å². The number of hydrogen-bond acceptors (Lipinski definition) is 3. The maximum absolute atomic E-state index is 12.3. The lowest BCUT2D eigenvalue weighted by molar-refractivity contribution is 0.533. The third-order valence-electron chi connectivity index (χ3n) is 5.07. The molecule has 2 aromatic carbocycles. The predicted molar refractivity (Wildman–Crippen MR) is 99.3 cm³/mol. The van der Waals surface area contributed by atoms with Crippen LogP contribution in [0.15, 0.2) is 56.3 Å². The Bertz CT molecular complexity index is 1170. The van der Waals surface area contributed by atoms with Crippen molar-refractivity contribution in [3.8, 4) is 11.1 Å². The van der Waals surface area contributed by atoms with Gasteiger partial charge in [0.1, 0.15) is 11.2 Å². The predicted octanol–water partition coefficient (Wildman–Crippen LogP) is 5.74. The second-order valence-corrected chi connectivity index (χ2v) is 6.99. The van der Waals surface area contributed by atoms with Gasteiger partial charge in [0.15, 0.2) is 0 Å². The zero-order chi connectivity index (χ0) is 17.0. The van der Waals surface area contributed by atoms with Crippen LogP contribution in [0.25, 0.3) is 33.1 Å². The van der Waals surface area contributed by atoms with Crippen molar-refractivity contribution in [3.05, 3.63) is 69.2 Å². The van der Waals surface area contributed by atoms with E-state index < -0.39 is 0 Å². The van der Waals surface area contributed by atoms with Crippen LogP contribution in [0.3, 0.4) is 0 Å². The molecule has 124 valence electrons. The molecule has 4 heteroatoms. The summed E-state index contributed by atoms with van der Waals surface area (Å²) in [6.07, 6.45) is 5.64. The summed E-state index contributed by atoms with van der Waals surface area (Å²) in [5.74, 6) is 0. The number of hydrogen-bond donors (Lipinski definition) is 0. The number of rotatable bonds is 1. The van der Waals surface area contributed by atoms with Crippen LogP contribution in [0.1, 0.15) is 24.0 Å². The van der Waals surface area contributed by atoms with Gasteiger partial charge >= 0.3 is 5.63 Å². The van der Waals surface area contributed by atoms with Gasteiger partial charge in [0, 0.05) is 33.0 Å². The van der Waals surface area contributed by atoms with E-state index in [-0.39, 0.29) is 5.63 Å². The van der Waals surface area contributed by atoms with Crippen LogP contribution in [0, 0.1) is 0 Å². The van der Waals surface area contributed by atoms with Crippen molar-refractivity contribution >= 4 is 33.5 Å². The van der Waals surface area contributed by atoms with Crippen LogP contribution >= 0.6 is 11.6 Å². The maximum atomic E-state index is 12.3. The number of fused-ring (bicyclic) bond motifs is 4. The molecule has 0 amide bonds. The molecule has 25 heavy (non-hydrogen) atoms. The summed E-state index contributed by atoms with van der Waals surface area (Å²) in [5, 5.41) is 2.76. The fraction of sp³-hybridized carbons (Fsp3) is 0.190. The first-order valence-corrected chi connectivity index (χ1v) is 8.84. The molecule has 0 saturated heterocycles. The molecule has 3 nitrogen and oxygen atoms in total. The average Bonchev–Trinajstić information content (AvgIpc) is 3.04. The van der Waals surface area contributed by atoms with Gasteiger partial charge in [-0.05, 0) is 55.0 Å². The summed E-state index contributed by atoms with van der Waals surface area (Å²) in [4.78, 5) is 12.3. The molecule has 0 atom stereocenters. The van der Waals surface area contributed by atoms with Crippen LogP contribution in [0.5, 0.6) is 0 Å². The largest absolute Gasteiger partial charge is 0.464 e. The van der Waals surface area contributed by atoms with E-state index in [1.54, 1.807) is 6.26 Å². The molecule has 0 radical (unpaired) electrons. The third kappa shape index (κ3) is 2.30. The van der Waals surface area contributed by atoms with Gasteiger partial charge in [-0.1, -0.05) is 23.7 Å². The lowest BCUT2D eigenvalue weighted by Gasteiger charge is -2.16. The zero-order valence-electron chi connectivity index (χ0n) is 13.5. The summed E-state index contributed by atoms with van der Waals surface area (Å²) < 4.78 is 11.3. The Labute approximate surface area is 148 Å². The van der Waals surface area contributed by atoms with Gasteiger partial charge in [0.25, 0.3) is 0 Å². The Morgan fingerprint density at radius 1 is 0.880 bits per heavy atom. The minimum Gasteiger partial charge on any atom is -0.464 e. The molecule has 1 aliphatic carbocycles. The lowest BCUT2D eigenvalue weighted by atomic mass is 9.90. The highest BCUT2D eigenvalue weighted by Gasteiger charge is 2.20. The Morgan fingerprint density at radius 2 is 1.64 bits per heavy atom. The Hall–Kier alpha value is -2.52. The minimum atomic E-state index is -0.203. The fourth-order valence-electron chi connectivity index (χ4n) is 3.82. The van der Waals surface area contributed by atoms with Crippen molar-refractivity contribution in [3.63, 3.8) is 0 Å². The fourth-order valence-corrected chi connectivity index (χ4v) is 3.94. The Morgan fingerprint density at radius 3 is 2.44 bits per heavy atom. The first-order chi connectivity index (χ1) is 12.2. The number of furan rings is 1. The van der Waals surface area contributed by atoms with Crippen molar-refractivity contribution < 1.29 is 8.83 Å². The molecule has 5 rings (SSSR count).